The Morgan fingerprint density at radius 3 is 2.75 bits per heavy atom. The second-order valence-corrected chi connectivity index (χ2v) is 5.10. The third-order valence-corrected chi connectivity index (χ3v) is 3.41. The van der Waals surface area contributed by atoms with Gasteiger partial charge in [-0.3, -0.25) is 4.79 Å². The predicted octanol–water partition coefficient (Wildman–Crippen LogP) is 0.736. The molecular formula is C11H18N2O2S. The van der Waals surface area contributed by atoms with Gasteiger partial charge < -0.3 is 15.8 Å². The van der Waals surface area contributed by atoms with E-state index >= 15 is 0 Å². The molecule has 16 heavy (non-hydrogen) atoms. The molecule has 0 spiro atoms. The van der Waals surface area contributed by atoms with Crippen LogP contribution in [0.4, 0.5) is 0 Å². The van der Waals surface area contributed by atoms with Gasteiger partial charge >= 0.3 is 0 Å². The van der Waals surface area contributed by atoms with Gasteiger partial charge in [0.2, 0.25) is 5.91 Å². The maximum absolute atomic E-state index is 11.7. The van der Waals surface area contributed by atoms with E-state index in [0.717, 1.165) is 32.3 Å². The number of hydrogen-bond donors (Lipinski definition) is 2. The van der Waals surface area contributed by atoms with Crippen LogP contribution in [-0.4, -0.2) is 29.6 Å². The Balaban J connectivity index is 1.77. The van der Waals surface area contributed by atoms with Crippen molar-refractivity contribution >= 4 is 23.1 Å². The Labute approximate surface area is 101 Å². The van der Waals surface area contributed by atoms with E-state index < -0.39 is 0 Å². The van der Waals surface area contributed by atoms with Crippen LogP contribution in [0.1, 0.15) is 32.1 Å². The summed E-state index contributed by atoms with van der Waals surface area (Å²) in [5, 5.41) is 2.92. The highest BCUT2D eigenvalue weighted by Crippen LogP contribution is 2.32. The lowest BCUT2D eigenvalue weighted by molar-refractivity contribution is -0.123. The van der Waals surface area contributed by atoms with Crippen molar-refractivity contribution in [1.82, 2.24) is 5.32 Å². The summed E-state index contributed by atoms with van der Waals surface area (Å²) < 4.78 is 5.42. The number of carbonyl (C=O) groups is 1. The summed E-state index contributed by atoms with van der Waals surface area (Å²) in [5.74, 6) is 0.475. The lowest BCUT2D eigenvalue weighted by Gasteiger charge is -2.18. The van der Waals surface area contributed by atoms with Gasteiger partial charge in [-0.05, 0) is 31.6 Å². The van der Waals surface area contributed by atoms with Gasteiger partial charge in [0.05, 0.1) is 23.6 Å². The molecule has 90 valence electrons. The Kier molecular flexibility index (Phi) is 3.76. The largest absolute Gasteiger partial charge is 0.392 e. The molecule has 0 bridgehead atoms. The van der Waals surface area contributed by atoms with E-state index in [1.807, 2.05) is 0 Å². The van der Waals surface area contributed by atoms with Crippen LogP contribution < -0.4 is 11.1 Å². The number of ether oxygens (including phenoxy) is 1. The Bertz CT molecular complexity index is 286. The second kappa shape index (κ2) is 5.10. The van der Waals surface area contributed by atoms with E-state index in [-0.39, 0.29) is 18.1 Å². The molecule has 1 saturated carbocycles. The third kappa shape index (κ3) is 3.15. The van der Waals surface area contributed by atoms with E-state index in [1.165, 1.54) is 0 Å². The first kappa shape index (κ1) is 11.8. The average Bonchev–Trinajstić information content (AvgIpc) is 2.94. The summed E-state index contributed by atoms with van der Waals surface area (Å²) in [6, 6.07) is -0.107. The van der Waals surface area contributed by atoms with Crippen LogP contribution in [0.3, 0.4) is 0 Å². The van der Waals surface area contributed by atoms with Crippen LogP contribution in [0.2, 0.25) is 0 Å². The molecule has 5 heteroatoms. The quantitative estimate of drug-likeness (QED) is 0.698. The first-order valence-corrected chi connectivity index (χ1v) is 6.28. The van der Waals surface area contributed by atoms with Crippen LogP contribution in [0.15, 0.2) is 0 Å². The van der Waals surface area contributed by atoms with Gasteiger partial charge in [0.25, 0.3) is 0 Å². The SMILES string of the molecule is NC(=S)C(NC(=O)CC1CCCO1)C1CC1. The molecule has 0 aromatic heterocycles. The van der Waals surface area contributed by atoms with Gasteiger partial charge in [0.1, 0.15) is 0 Å². The van der Waals surface area contributed by atoms with E-state index in [1.54, 1.807) is 0 Å². The fourth-order valence-electron chi connectivity index (χ4n) is 2.10. The van der Waals surface area contributed by atoms with Crippen molar-refractivity contribution in [3.63, 3.8) is 0 Å². The molecular weight excluding hydrogens is 224 g/mol. The molecule has 4 nitrogen and oxygen atoms in total. The molecule has 2 aliphatic rings. The zero-order valence-corrected chi connectivity index (χ0v) is 10.1. The Hall–Kier alpha value is -0.680. The summed E-state index contributed by atoms with van der Waals surface area (Å²) >= 11 is 4.97. The molecule has 2 rings (SSSR count). The minimum atomic E-state index is -0.107. The van der Waals surface area contributed by atoms with E-state index in [9.17, 15) is 4.79 Å². The molecule has 1 amide bonds. The van der Waals surface area contributed by atoms with E-state index in [4.69, 9.17) is 22.7 Å². The monoisotopic (exact) mass is 242 g/mol. The average molecular weight is 242 g/mol. The Morgan fingerprint density at radius 2 is 2.25 bits per heavy atom. The molecule has 2 fully saturated rings. The molecule has 1 aliphatic heterocycles. The first-order valence-electron chi connectivity index (χ1n) is 5.87. The maximum Gasteiger partial charge on any atom is 0.223 e. The summed E-state index contributed by atoms with van der Waals surface area (Å²) in [7, 11) is 0. The van der Waals surface area contributed by atoms with Crippen molar-refractivity contribution in [2.75, 3.05) is 6.61 Å². The zero-order chi connectivity index (χ0) is 11.5. The molecule has 1 heterocycles. The topological polar surface area (TPSA) is 64.3 Å². The summed E-state index contributed by atoms with van der Waals surface area (Å²) in [4.78, 5) is 12.1. The van der Waals surface area contributed by atoms with Gasteiger partial charge in [-0.15, -0.1) is 0 Å². The number of nitrogens with one attached hydrogen (secondary N) is 1. The maximum atomic E-state index is 11.7. The molecule has 1 aliphatic carbocycles. The highest BCUT2D eigenvalue weighted by atomic mass is 32.1. The molecule has 2 atom stereocenters. The van der Waals surface area contributed by atoms with Crippen molar-refractivity contribution in [3.8, 4) is 0 Å². The number of thiocarbonyl (C=S) groups is 1. The minimum absolute atomic E-state index is 0.0107. The lowest BCUT2D eigenvalue weighted by Crippen LogP contribution is -2.45. The van der Waals surface area contributed by atoms with Crippen molar-refractivity contribution < 1.29 is 9.53 Å². The standard InChI is InChI=1S/C11H18N2O2S/c12-11(16)10(7-3-4-7)13-9(14)6-8-2-1-5-15-8/h7-8,10H,1-6H2,(H2,12,16)(H,13,14). The highest BCUT2D eigenvalue weighted by Gasteiger charge is 2.34. The smallest absolute Gasteiger partial charge is 0.223 e. The van der Waals surface area contributed by atoms with E-state index in [0.29, 0.717) is 17.3 Å². The molecule has 3 N–H and O–H groups in total. The van der Waals surface area contributed by atoms with Crippen molar-refractivity contribution in [2.24, 2.45) is 11.7 Å². The fraction of sp³-hybridized carbons (Fsp3) is 0.818. The number of rotatable bonds is 5. The third-order valence-electron chi connectivity index (χ3n) is 3.15. The first-order chi connectivity index (χ1) is 7.66. The van der Waals surface area contributed by atoms with Crippen LogP contribution >= 0.6 is 12.2 Å². The summed E-state index contributed by atoms with van der Waals surface area (Å²) in [6.07, 6.45) is 4.79. The molecule has 0 radical (unpaired) electrons. The van der Waals surface area contributed by atoms with Crippen LogP contribution in [0.25, 0.3) is 0 Å². The second-order valence-electron chi connectivity index (χ2n) is 4.62. The minimum Gasteiger partial charge on any atom is -0.392 e. The van der Waals surface area contributed by atoms with E-state index in [2.05, 4.69) is 5.32 Å². The van der Waals surface area contributed by atoms with Crippen molar-refractivity contribution in [2.45, 2.75) is 44.2 Å². The van der Waals surface area contributed by atoms with Crippen LogP contribution in [0.5, 0.6) is 0 Å². The number of nitrogens with two attached hydrogens (primary N) is 1. The Morgan fingerprint density at radius 1 is 1.50 bits per heavy atom. The fourth-order valence-corrected chi connectivity index (χ4v) is 2.35. The number of amides is 1. The number of carbonyl (C=O) groups excluding carboxylic acids is 1. The van der Waals surface area contributed by atoms with Crippen LogP contribution in [-0.2, 0) is 9.53 Å². The highest BCUT2D eigenvalue weighted by molar-refractivity contribution is 7.80. The van der Waals surface area contributed by atoms with Gasteiger partial charge in [-0.25, -0.2) is 0 Å². The van der Waals surface area contributed by atoms with Crippen molar-refractivity contribution in [1.29, 1.82) is 0 Å². The molecule has 0 aromatic carbocycles. The van der Waals surface area contributed by atoms with Crippen molar-refractivity contribution in [3.05, 3.63) is 0 Å². The summed E-state index contributed by atoms with van der Waals surface area (Å²) in [5.41, 5.74) is 5.62. The normalized spacial score (nSPS) is 26.4. The molecule has 0 aromatic rings. The molecule has 2 unspecified atom stereocenters. The summed E-state index contributed by atoms with van der Waals surface area (Å²) in [6.45, 7) is 0.777. The van der Waals surface area contributed by atoms with Gasteiger partial charge in [-0.1, -0.05) is 12.2 Å². The predicted molar refractivity (Wildman–Crippen MR) is 65.0 cm³/mol. The van der Waals surface area contributed by atoms with Gasteiger partial charge in [0, 0.05) is 6.61 Å². The zero-order valence-electron chi connectivity index (χ0n) is 9.28. The lowest BCUT2D eigenvalue weighted by atomic mass is 10.1. The number of hydrogen-bond acceptors (Lipinski definition) is 3. The van der Waals surface area contributed by atoms with Gasteiger partial charge in [-0.2, -0.15) is 0 Å². The van der Waals surface area contributed by atoms with Crippen LogP contribution in [0, 0.1) is 5.92 Å². The van der Waals surface area contributed by atoms with Gasteiger partial charge in [0.15, 0.2) is 0 Å². The molecule has 1 saturated heterocycles.